The van der Waals surface area contributed by atoms with Crippen molar-refractivity contribution in [2.24, 2.45) is 0 Å². The van der Waals surface area contributed by atoms with Crippen molar-refractivity contribution in [1.82, 2.24) is 14.9 Å². The fourth-order valence-electron chi connectivity index (χ4n) is 3.67. The van der Waals surface area contributed by atoms with Crippen LogP contribution < -0.4 is 9.46 Å². The van der Waals surface area contributed by atoms with Crippen molar-refractivity contribution in [2.75, 3.05) is 37.9 Å². The third kappa shape index (κ3) is 4.27. The maximum absolute atomic E-state index is 12.9. The second-order valence-corrected chi connectivity index (χ2v) is 8.99. The van der Waals surface area contributed by atoms with E-state index in [1.807, 2.05) is 18.3 Å². The minimum Gasteiger partial charge on any atom is -0.496 e. The molecule has 1 saturated heterocycles. The van der Waals surface area contributed by atoms with E-state index in [-0.39, 0.29) is 11.6 Å². The first-order valence-corrected chi connectivity index (χ1v) is 11.2. The number of anilines is 1. The molecule has 0 spiro atoms. The van der Waals surface area contributed by atoms with Crippen LogP contribution in [0.1, 0.15) is 18.4 Å². The predicted octanol–water partition coefficient (Wildman–Crippen LogP) is 2.02. The van der Waals surface area contributed by atoms with E-state index < -0.39 is 15.6 Å². The Morgan fingerprint density at radius 2 is 2.07 bits per heavy atom. The van der Waals surface area contributed by atoms with Gasteiger partial charge in [-0.2, -0.15) is 5.10 Å². The average Bonchev–Trinajstić information content (AvgIpc) is 3.37. The summed E-state index contributed by atoms with van der Waals surface area (Å²) in [6.45, 7) is 1.44. The maximum Gasteiger partial charge on any atom is 0.236 e. The van der Waals surface area contributed by atoms with Crippen LogP contribution in [0.3, 0.4) is 0 Å². The molecule has 4 rings (SSSR count). The van der Waals surface area contributed by atoms with Crippen molar-refractivity contribution in [3.63, 3.8) is 0 Å². The number of rotatable bonds is 8. The Balaban J connectivity index is 1.61. The number of nitrogens with zero attached hydrogens (tertiary/aromatic N) is 3. The van der Waals surface area contributed by atoms with Gasteiger partial charge >= 0.3 is 0 Å². The van der Waals surface area contributed by atoms with Crippen LogP contribution in [0.2, 0.25) is 0 Å². The summed E-state index contributed by atoms with van der Waals surface area (Å²) in [5, 5.41) is 8.59. The highest BCUT2D eigenvalue weighted by molar-refractivity contribution is 7.92. The Kier molecular flexibility index (Phi) is 5.67. The van der Waals surface area contributed by atoms with E-state index in [0.29, 0.717) is 49.3 Å². The molecule has 1 aliphatic rings. The standard InChI is InChI=1S/C19H24N4O6S/c1-26-15-10-14(12-23-7-3-6-20-23)11-16-17(15)18(21-29-16)22-30(24,25)13-19(27-2)4-8-28-9-5-19/h3,6-7,10-11H,4-5,8-9,12-13H2,1-2H3,(H,21,22). The number of ether oxygens (including phenoxy) is 3. The summed E-state index contributed by atoms with van der Waals surface area (Å²) in [5.41, 5.74) is 0.515. The predicted molar refractivity (Wildman–Crippen MR) is 109 cm³/mol. The molecule has 1 aromatic carbocycles. The monoisotopic (exact) mass is 436 g/mol. The Morgan fingerprint density at radius 1 is 1.27 bits per heavy atom. The van der Waals surface area contributed by atoms with Crippen LogP contribution in [0.4, 0.5) is 5.82 Å². The molecule has 0 bridgehead atoms. The highest BCUT2D eigenvalue weighted by Crippen LogP contribution is 2.35. The quantitative estimate of drug-likeness (QED) is 0.570. The van der Waals surface area contributed by atoms with E-state index in [1.54, 1.807) is 16.9 Å². The molecule has 0 radical (unpaired) electrons. The molecule has 0 unspecified atom stereocenters. The van der Waals surface area contributed by atoms with Crippen LogP contribution in [-0.4, -0.2) is 62.1 Å². The zero-order chi connectivity index (χ0) is 21.2. The molecule has 0 amide bonds. The van der Waals surface area contributed by atoms with Crippen molar-refractivity contribution >= 4 is 26.8 Å². The molecular weight excluding hydrogens is 412 g/mol. The van der Waals surface area contributed by atoms with Gasteiger partial charge in [0, 0.05) is 45.6 Å². The van der Waals surface area contributed by atoms with Crippen LogP contribution >= 0.6 is 0 Å². The molecule has 1 N–H and O–H groups in total. The summed E-state index contributed by atoms with van der Waals surface area (Å²) in [5.74, 6) is 0.348. The van der Waals surface area contributed by atoms with Gasteiger partial charge in [0.05, 0.1) is 25.0 Å². The highest BCUT2D eigenvalue weighted by atomic mass is 32.2. The minimum atomic E-state index is -3.77. The average molecular weight is 436 g/mol. The van der Waals surface area contributed by atoms with Crippen LogP contribution in [0.15, 0.2) is 35.1 Å². The topological polar surface area (TPSA) is 118 Å². The zero-order valence-corrected chi connectivity index (χ0v) is 17.6. The SMILES string of the molecule is COc1cc(Cn2cccn2)cc2onc(NS(=O)(=O)CC3(OC)CCOCC3)c12. The largest absolute Gasteiger partial charge is 0.496 e. The van der Waals surface area contributed by atoms with Gasteiger partial charge in [-0.05, 0) is 23.8 Å². The van der Waals surface area contributed by atoms with Gasteiger partial charge in [0.1, 0.15) is 11.1 Å². The minimum absolute atomic E-state index is 0.0887. The summed E-state index contributed by atoms with van der Waals surface area (Å²) in [6.07, 6.45) is 4.55. The molecule has 3 aromatic rings. The number of fused-ring (bicyclic) bond motifs is 1. The van der Waals surface area contributed by atoms with Crippen molar-refractivity contribution in [2.45, 2.75) is 25.0 Å². The first-order chi connectivity index (χ1) is 14.4. The number of methoxy groups -OCH3 is 2. The van der Waals surface area contributed by atoms with Gasteiger partial charge < -0.3 is 18.7 Å². The van der Waals surface area contributed by atoms with E-state index >= 15 is 0 Å². The van der Waals surface area contributed by atoms with E-state index in [0.717, 1.165) is 5.56 Å². The van der Waals surface area contributed by atoms with Gasteiger partial charge in [-0.15, -0.1) is 0 Å². The Morgan fingerprint density at radius 3 is 2.73 bits per heavy atom. The first-order valence-electron chi connectivity index (χ1n) is 9.51. The normalized spacial score (nSPS) is 16.6. The molecule has 1 fully saturated rings. The number of nitrogens with one attached hydrogen (secondary N) is 1. The highest BCUT2D eigenvalue weighted by Gasteiger charge is 2.38. The number of hydrogen-bond donors (Lipinski definition) is 1. The van der Waals surface area contributed by atoms with Gasteiger partial charge in [-0.3, -0.25) is 9.40 Å². The molecule has 0 saturated carbocycles. The number of hydrogen-bond acceptors (Lipinski definition) is 8. The molecule has 1 aliphatic heterocycles. The van der Waals surface area contributed by atoms with Crippen molar-refractivity contribution < 1.29 is 27.2 Å². The van der Waals surface area contributed by atoms with Crippen molar-refractivity contribution in [3.05, 3.63) is 36.2 Å². The van der Waals surface area contributed by atoms with E-state index in [9.17, 15) is 8.42 Å². The number of sulfonamides is 1. The van der Waals surface area contributed by atoms with E-state index in [1.165, 1.54) is 14.2 Å². The van der Waals surface area contributed by atoms with Gasteiger partial charge in [-0.25, -0.2) is 8.42 Å². The summed E-state index contributed by atoms with van der Waals surface area (Å²) in [7, 11) is -0.727. The fourth-order valence-corrected chi connectivity index (χ4v) is 5.28. The van der Waals surface area contributed by atoms with Crippen molar-refractivity contribution in [3.8, 4) is 5.75 Å². The van der Waals surface area contributed by atoms with Crippen LogP contribution in [-0.2, 0) is 26.0 Å². The maximum atomic E-state index is 12.9. The molecule has 11 heteroatoms. The van der Waals surface area contributed by atoms with E-state index in [4.69, 9.17) is 18.7 Å². The summed E-state index contributed by atoms with van der Waals surface area (Å²) >= 11 is 0. The smallest absolute Gasteiger partial charge is 0.236 e. The van der Waals surface area contributed by atoms with E-state index in [2.05, 4.69) is 15.0 Å². The second kappa shape index (κ2) is 8.25. The Labute approximate surface area is 174 Å². The Bertz CT molecular complexity index is 1100. The lowest BCUT2D eigenvalue weighted by atomic mass is 9.97. The fraction of sp³-hybridized carbons (Fsp3) is 0.474. The summed E-state index contributed by atoms with van der Waals surface area (Å²) < 4.78 is 51.9. The number of aromatic nitrogens is 3. The summed E-state index contributed by atoms with van der Waals surface area (Å²) in [4.78, 5) is 0. The van der Waals surface area contributed by atoms with Gasteiger partial charge in [0.2, 0.25) is 10.0 Å². The first kappa shape index (κ1) is 20.6. The molecular formula is C19H24N4O6S. The van der Waals surface area contributed by atoms with Crippen LogP contribution in [0, 0.1) is 0 Å². The third-order valence-corrected chi connectivity index (χ3v) is 6.67. The zero-order valence-electron chi connectivity index (χ0n) is 16.8. The lowest BCUT2D eigenvalue weighted by molar-refractivity contribution is -0.0749. The number of benzene rings is 1. The van der Waals surface area contributed by atoms with Gasteiger partial charge in [0.15, 0.2) is 11.4 Å². The lowest BCUT2D eigenvalue weighted by Gasteiger charge is -2.35. The molecule has 10 nitrogen and oxygen atoms in total. The molecule has 0 atom stereocenters. The lowest BCUT2D eigenvalue weighted by Crippen LogP contribution is -2.45. The van der Waals surface area contributed by atoms with Crippen LogP contribution in [0.25, 0.3) is 11.0 Å². The van der Waals surface area contributed by atoms with Crippen molar-refractivity contribution in [1.29, 1.82) is 0 Å². The molecule has 0 aliphatic carbocycles. The van der Waals surface area contributed by atoms with Crippen LogP contribution in [0.5, 0.6) is 5.75 Å². The molecule has 30 heavy (non-hydrogen) atoms. The molecule has 2 aromatic heterocycles. The van der Waals surface area contributed by atoms with Gasteiger partial charge in [0.25, 0.3) is 0 Å². The third-order valence-electron chi connectivity index (χ3n) is 5.26. The summed E-state index contributed by atoms with van der Waals surface area (Å²) in [6, 6.07) is 5.44. The molecule has 3 heterocycles. The van der Waals surface area contributed by atoms with Gasteiger partial charge in [-0.1, -0.05) is 5.16 Å². The molecule has 162 valence electrons. The Hall–Kier alpha value is -2.63. The second-order valence-electron chi connectivity index (χ2n) is 7.27.